The molecule has 0 aliphatic rings. The molecule has 7 nitrogen and oxygen atoms in total. The lowest BCUT2D eigenvalue weighted by atomic mass is 10.2. The summed E-state index contributed by atoms with van der Waals surface area (Å²) in [5, 5.41) is 10.4. The van der Waals surface area contributed by atoms with Crippen LogP contribution in [0.15, 0.2) is 97.1 Å². The van der Waals surface area contributed by atoms with Crippen LogP contribution in [0.2, 0.25) is 5.02 Å². The Morgan fingerprint density at radius 2 is 1.61 bits per heavy atom. The van der Waals surface area contributed by atoms with Gasteiger partial charge in [-0.15, -0.1) is 5.10 Å². The number of carbonyl (C=O) groups excluding carboxylic acids is 1. The number of hydrogen-bond donors (Lipinski definition) is 2. The van der Waals surface area contributed by atoms with E-state index in [0.29, 0.717) is 22.1 Å². The molecule has 0 saturated carbocycles. The number of benzene rings is 4. The van der Waals surface area contributed by atoms with E-state index in [4.69, 9.17) is 16.3 Å². The average molecular weight is 532 g/mol. The van der Waals surface area contributed by atoms with Gasteiger partial charge in [-0.2, -0.15) is 4.98 Å². The molecule has 0 aliphatic heterocycles. The number of carbonyl (C=O) groups is 1. The zero-order valence-electron chi connectivity index (χ0n) is 19.7. The maximum Gasteiger partial charge on any atom is 0.336 e. The van der Waals surface area contributed by atoms with Crippen LogP contribution in [0, 0.1) is 11.6 Å². The van der Waals surface area contributed by atoms with Crippen molar-refractivity contribution in [1.29, 1.82) is 0 Å². The van der Waals surface area contributed by atoms with Crippen molar-refractivity contribution in [1.82, 2.24) is 14.8 Å². The van der Waals surface area contributed by atoms with Gasteiger partial charge in [-0.25, -0.2) is 18.3 Å². The number of nitrogens with zero attached hydrogens (tertiary/aromatic N) is 3. The summed E-state index contributed by atoms with van der Waals surface area (Å²) in [6, 6.07) is 25.2. The van der Waals surface area contributed by atoms with Crippen LogP contribution in [0.4, 0.5) is 25.0 Å². The molecule has 2 amide bonds. The molecule has 38 heavy (non-hydrogen) atoms. The van der Waals surface area contributed by atoms with E-state index in [-0.39, 0.29) is 29.8 Å². The van der Waals surface area contributed by atoms with Crippen LogP contribution in [0.5, 0.6) is 6.01 Å². The Hall–Kier alpha value is -4.76. The Kier molecular flexibility index (Phi) is 7.28. The maximum absolute atomic E-state index is 14.7. The minimum absolute atomic E-state index is 0.0238. The third-order valence-corrected chi connectivity index (χ3v) is 5.67. The molecule has 0 aliphatic carbocycles. The summed E-state index contributed by atoms with van der Waals surface area (Å²) >= 11 is 5.96. The van der Waals surface area contributed by atoms with Gasteiger partial charge in [0.15, 0.2) is 5.82 Å². The van der Waals surface area contributed by atoms with Crippen LogP contribution in [-0.2, 0) is 6.61 Å². The predicted molar refractivity (Wildman–Crippen MR) is 142 cm³/mol. The van der Waals surface area contributed by atoms with Crippen LogP contribution in [0.3, 0.4) is 0 Å². The molecule has 2 N–H and O–H groups in total. The van der Waals surface area contributed by atoms with Crippen molar-refractivity contribution in [3.63, 3.8) is 0 Å². The fourth-order valence-corrected chi connectivity index (χ4v) is 3.82. The van der Waals surface area contributed by atoms with Gasteiger partial charge in [-0.05, 0) is 72.3 Å². The zero-order valence-corrected chi connectivity index (χ0v) is 20.5. The highest BCUT2D eigenvalue weighted by Crippen LogP contribution is 2.27. The van der Waals surface area contributed by atoms with Crippen molar-refractivity contribution < 1.29 is 18.3 Å². The molecule has 5 rings (SSSR count). The number of aromatic nitrogens is 3. The van der Waals surface area contributed by atoms with Crippen molar-refractivity contribution in [3.8, 4) is 23.1 Å². The molecule has 190 valence electrons. The van der Waals surface area contributed by atoms with E-state index in [1.807, 2.05) is 0 Å². The summed E-state index contributed by atoms with van der Waals surface area (Å²) in [5.41, 5.74) is 2.60. The topological polar surface area (TPSA) is 81.1 Å². The molecule has 0 spiro atoms. The second-order valence-electron chi connectivity index (χ2n) is 8.16. The van der Waals surface area contributed by atoms with E-state index in [0.717, 1.165) is 5.56 Å². The molecule has 10 heteroatoms. The smallest absolute Gasteiger partial charge is 0.336 e. The Labute approximate surface area is 221 Å². The fraction of sp³-hybridized carbons (Fsp3) is 0.0357. The van der Waals surface area contributed by atoms with E-state index >= 15 is 0 Å². The van der Waals surface area contributed by atoms with Crippen molar-refractivity contribution in [3.05, 3.63) is 119 Å². The molecule has 1 heterocycles. The number of rotatable bonds is 7. The summed E-state index contributed by atoms with van der Waals surface area (Å²) in [6.45, 7) is 0.103. The van der Waals surface area contributed by atoms with Gasteiger partial charge in [0.2, 0.25) is 0 Å². The summed E-state index contributed by atoms with van der Waals surface area (Å²) < 4.78 is 35.0. The standard InChI is InChI=1S/C28H20ClF2N5O2/c29-19-4-3-5-22(16-19)33-27(37)32-21-12-14-23(15-13-21)36-26(24-6-1-2-7-25(24)31)34-28(35-36)38-17-18-8-10-20(30)11-9-18/h1-16H,17H2,(H2,32,33,37). The minimum Gasteiger partial charge on any atom is -0.457 e. The number of hydrogen-bond acceptors (Lipinski definition) is 4. The lowest BCUT2D eigenvalue weighted by Gasteiger charge is -2.10. The fourth-order valence-electron chi connectivity index (χ4n) is 3.63. The molecule has 0 fully saturated rings. The molecular formula is C28H20ClF2N5O2. The molecule has 0 bridgehead atoms. The first-order valence-corrected chi connectivity index (χ1v) is 11.9. The van der Waals surface area contributed by atoms with Crippen molar-refractivity contribution in [2.75, 3.05) is 10.6 Å². The molecule has 5 aromatic rings. The van der Waals surface area contributed by atoms with Gasteiger partial charge < -0.3 is 15.4 Å². The molecule has 4 aromatic carbocycles. The van der Waals surface area contributed by atoms with Crippen LogP contribution >= 0.6 is 11.6 Å². The molecule has 0 saturated heterocycles. The average Bonchev–Trinajstić information content (AvgIpc) is 3.33. The molecule has 0 unspecified atom stereocenters. The van der Waals surface area contributed by atoms with Crippen molar-refractivity contribution in [2.24, 2.45) is 0 Å². The van der Waals surface area contributed by atoms with Crippen LogP contribution < -0.4 is 15.4 Å². The lowest BCUT2D eigenvalue weighted by Crippen LogP contribution is -2.19. The maximum atomic E-state index is 14.7. The molecule has 0 radical (unpaired) electrons. The van der Waals surface area contributed by atoms with Crippen LogP contribution in [-0.4, -0.2) is 20.8 Å². The van der Waals surface area contributed by atoms with E-state index in [9.17, 15) is 13.6 Å². The SMILES string of the molecule is O=C(Nc1ccc(-n2nc(OCc3ccc(F)cc3)nc2-c2ccccc2F)cc1)Nc1cccc(Cl)c1. The predicted octanol–water partition coefficient (Wildman–Crippen LogP) is 7.09. The Bertz CT molecular complexity index is 1570. The normalized spacial score (nSPS) is 10.7. The van der Waals surface area contributed by atoms with Crippen molar-refractivity contribution >= 4 is 29.0 Å². The zero-order chi connectivity index (χ0) is 26.5. The first-order chi connectivity index (χ1) is 18.4. The van der Waals surface area contributed by atoms with Crippen molar-refractivity contribution in [2.45, 2.75) is 6.61 Å². The Morgan fingerprint density at radius 3 is 2.34 bits per heavy atom. The molecule has 1 aromatic heterocycles. The quantitative estimate of drug-likeness (QED) is 0.235. The van der Waals surface area contributed by atoms with E-state index < -0.39 is 11.8 Å². The van der Waals surface area contributed by atoms with Gasteiger partial charge in [0, 0.05) is 16.4 Å². The summed E-state index contributed by atoms with van der Waals surface area (Å²) in [6.07, 6.45) is 0. The minimum atomic E-state index is -0.470. The van der Waals surface area contributed by atoms with Crippen LogP contribution in [0.1, 0.15) is 5.56 Å². The molecular weight excluding hydrogens is 512 g/mol. The highest BCUT2D eigenvalue weighted by atomic mass is 35.5. The van der Waals surface area contributed by atoms with Gasteiger partial charge in [-0.3, -0.25) is 0 Å². The second kappa shape index (κ2) is 11.1. The highest BCUT2D eigenvalue weighted by molar-refractivity contribution is 6.30. The van der Waals surface area contributed by atoms with Gasteiger partial charge in [0.1, 0.15) is 18.2 Å². The summed E-state index contributed by atoms with van der Waals surface area (Å²) in [4.78, 5) is 16.8. The largest absolute Gasteiger partial charge is 0.457 e. The summed E-state index contributed by atoms with van der Waals surface area (Å²) in [5.74, 6) is -0.586. The third kappa shape index (κ3) is 5.96. The molecule has 0 atom stereocenters. The lowest BCUT2D eigenvalue weighted by molar-refractivity contribution is 0.262. The number of amides is 2. The Balaban J connectivity index is 1.37. The summed E-state index contributed by atoms with van der Waals surface area (Å²) in [7, 11) is 0. The highest BCUT2D eigenvalue weighted by Gasteiger charge is 2.18. The third-order valence-electron chi connectivity index (χ3n) is 5.44. The Morgan fingerprint density at radius 1 is 0.868 bits per heavy atom. The van der Waals surface area contributed by atoms with Crippen LogP contribution in [0.25, 0.3) is 17.1 Å². The monoisotopic (exact) mass is 531 g/mol. The first-order valence-electron chi connectivity index (χ1n) is 11.5. The number of halogens is 3. The number of ether oxygens (including phenoxy) is 1. The van der Waals surface area contributed by atoms with Gasteiger partial charge in [0.25, 0.3) is 0 Å². The number of anilines is 2. The van der Waals surface area contributed by atoms with Gasteiger partial charge >= 0.3 is 12.0 Å². The van der Waals surface area contributed by atoms with Gasteiger partial charge in [-0.1, -0.05) is 41.9 Å². The number of urea groups is 1. The first kappa shape index (κ1) is 24.9. The van der Waals surface area contributed by atoms with E-state index in [1.54, 1.807) is 78.9 Å². The second-order valence-corrected chi connectivity index (χ2v) is 8.60. The number of nitrogens with one attached hydrogen (secondary N) is 2. The van der Waals surface area contributed by atoms with E-state index in [1.165, 1.54) is 22.9 Å². The van der Waals surface area contributed by atoms with E-state index in [2.05, 4.69) is 20.7 Å². The van der Waals surface area contributed by atoms with Gasteiger partial charge in [0.05, 0.1) is 11.3 Å².